The minimum atomic E-state index is -0.407. The lowest BCUT2D eigenvalue weighted by Crippen LogP contribution is -2.03. The largest absolute Gasteiger partial charge is 0.462 e. The second kappa shape index (κ2) is 6.00. The number of halogens is 1. The fourth-order valence-corrected chi connectivity index (χ4v) is 2.25. The fourth-order valence-electron chi connectivity index (χ4n) is 1.69. The van der Waals surface area contributed by atoms with Crippen LogP contribution in [0.2, 0.25) is 0 Å². The average Bonchev–Trinajstić information content (AvgIpc) is 2.88. The molecular weight excluding hydrogens is 324 g/mol. The van der Waals surface area contributed by atoms with Crippen molar-refractivity contribution in [2.75, 3.05) is 6.61 Å². The predicted octanol–water partition coefficient (Wildman–Crippen LogP) is 3.01. The molecule has 6 heteroatoms. The molecule has 0 saturated heterocycles. The minimum Gasteiger partial charge on any atom is -0.462 e. The van der Waals surface area contributed by atoms with Crippen LogP contribution >= 0.6 is 15.9 Å². The van der Waals surface area contributed by atoms with Crippen LogP contribution in [0, 0.1) is 0 Å². The molecule has 5 nitrogen and oxygen atoms in total. The highest BCUT2D eigenvalue weighted by Gasteiger charge is 2.12. The molecule has 1 aromatic heterocycles. The molecule has 0 unspecified atom stereocenters. The first-order valence-electron chi connectivity index (χ1n) is 6.05. The van der Waals surface area contributed by atoms with E-state index in [4.69, 9.17) is 4.74 Å². The first-order valence-corrected chi connectivity index (χ1v) is 6.85. The quantitative estimate of drug-likeness (QED) is 0.636. The number of benzene rings is 1. The highest BCUT2D eigenvalue weighted by Crippen LogP contribution is 2.22. The molecule has 20 heavy (non-hydrogen) atoms. The van der Waals surface area contributed by atoms with Crippen molar-refractivity contribution >= 4 is 27.7 Å². The molecule has 0 aliphatic heterocycles. The Labute approximate surface area is 124 Å². The lowest BCUT2D eigenvalue weighted by Gasteiger charge is -2.05. The third-order valence-corrected chi connectivity index (χ3v) is 3.33. The Kier molecular flexibility index (Phi) is 4.34. The number of rotatable bonds is 4. The van der Waals surface area contributed by atoms with Gasteiger partial charge in [-0.15, -0.1) is 0 Å². The molecule has 1 heterocycles. The van der Waals surface area contributed by atoms with Crippen molar-refractivity contribution in [1.82, 2.24) is 9.78 Å². The first kappa shape index (κ1) is 14.5. The summed E-state index contributed by atoms with van der Waals surface area (Å²) in [5, 5.41) is 4.13. The Bertz CT molecular complexity index is 664. The molecule has 2 aromatic rings. The Morgan fingerprint density at radius 2 is 2.10 bits per heavy atom. The number of carbonyl (C=O) groups excluding carboxylic acids is 2. The van der Waals surface area contributed by atoms with Crippen molar-refractivity contribution in [3.63, 3.8) is 0 Å². The first-order chi connectivity index (χ1) is 9.52. The van der Waals surface area contributed by atoms with E-state index in [1.54, 1.807) is 36.0 Å². The zero-order chi connectivity index (χ0) is 14.7. The van der Waals surface area contributed by atoms with Gasteiger partial charge >= 0.3 is 5.97 Å². The van der Waals surface area contributed by atoms with Gasteiger partial charge in [-0.05, 0) is 48.0 Å². The second-order valence-electron chi connectivity index (χ2n) is 4.12. The summed E-state index contributed by atoms with van der Waals surface area (Å²) in [6.45, 7) is 3.58. The van der Waals surface area contributed by atoms with E-state index in [1.165, 1.54) is 13.1 Å². The van der Waals surface area contributed by atoms with Crippen LogP contribution in [0.4, 0.5) is 0 Å². The smallest absolute Gasteiger partial charge is 0.341 e. The molecule has 2 rings (SSSR count). The number of esters is 1. The van der Waals surface area contributed by atoms with Crippen LogP contribution in [0.15, 0.2) is 35.1 Å². The van der Waals surface area contributed by atoms with Gasteiger partial charge in [0.1, 0.15) is 0 Å². The number of Topliss-reactive ketones (excluding diaryl/α,β-unsaturated/α-hetero) is 1. The number of ether oxygens (including phenoxy) is 1. The number of nitrogens with zero attached hydrogens (tertiary/aromatic N) is 2. The molecule has 0 amide bonds. The summed E-state index contributed by atoms with van der Waals surface area (Å²) in [6, 6.07) is 5.21. The molecule has 0 saturated carbocycles. The van der Waals surface area contributed by atoms with E-state index in [1.807, 2.05) is 0 Å². The van der Waals surface area contributed by atoms with Crippen LogP contribution in [-0.4, -0.2) is 28.1 Å². The van der Waals surface area contributed by atoms with Gasteiger partial charge < -0.3 is 4.74 Å². The van der Waals surface area contributed by atoms with Crippen LogP contribution < -0.4 is 0 Å². The van der Waals surface area contributed by atoms with Crippen LogP contribution in [0.5, 0.6) is 0 Å². The van der Waals surface area contributed by atoms with Gasteiger partial charge in [0.15, 0.2) is 5.78 Å². The van der Waals surface area contributed by atoms with E-state index < -0.39 is 5.97 Å². The summed E-state index contributed by atoms with van der Waals surface area (Å²) in [7, 11) is 0. The molecule has 0 spiro atoms. The van der Waals surface area contributed by atoms with Crippen LogP contribution in [0.25, 0.3) is 5.69 Å². The number of hydrogen-bond donors (Lipinski definition) is 0. The van der Waals surface area contributed by atoms with Crippen molar-refractivity contribution in [3.8, 4) is 5.69 Å². The van der Waals surface area contributed by atoms with E-state index in [0.29, 0.717) is 17.7 Å². The van der Waals surface area contributed by atoms with Crippen LogP contribution in [0.1, 0.15) is 34.6 Å². The predicted molar refractivity (Wildman–Crippen MR) is 77.2 cm³/mol. The summed E-state index contributed by atoms with van der Waals surface area (Å²) < 4.78 is 7.19. The van der Waals surface area contributed by atoms with Crippen LogP contribution in [0.3, 0.4) is 0 Å². The van der Waals surface area contributed by atoms with Gasteiger partial charge in [0.25, 0.3) is 0 Å². The van der Waals surface area contributed by atoms with Crippen molar-refractivity contribution in [2.24, 2.45) is 0 Å². The number of hydrogen-bond acceptors (Lipinski definition) is 4. The topological polar surface area (TPSA) is 61.2 Å². The minimum absolute atomic E-state index is 0.00933. The summed E-state index contributed by atoms with van der Waals surface area (Å²) >= 11 is 3.40. The zero-order valence-corrected chi connectivity index (χ0v) is 12.7. The number of carbonyl (C=O) groups is 2. The third kappa shape index (κ3) is 2.96. The Hall–Kier alpha value is -1.95. The van der Waals surface area contributed by atoms with Gasteiger partial charge in [-0.3, -0.25) is 4.79 Å². The van der Waals surface area contributed by atoms with E-state index in [9.17, 15) is 9.59 Å². The molecule has 1 aromatic carbocycles. The summed E-state index contributed by atoms with van der Waals surface area (Å²) in [5.74, 6) is -0.417. The van der Waals surface area contributed by atoms with E-state index >= 15 is 0 Å². The van der Waals surface area contributed by atoms with Crippen molar-refractivity contribution in [2.45, 2.75) is 13.8 Å². The maximum Gasteiger partial charge on any atom is 0.341 e. The summed E-state index contributed by atoms with van der Waals surface area (Å²) in [6.07, 6.45) is 3.04. The molecule has 0 aliphatic carbocycles. The fraction of sp³-hybridized carbons (Fsp3) is 0.214. The highest BCUT2D eigenvalue weighted by molar-refractivity contribution is 9.10. The van der Waals surface area contributed by atoms with Gasteiger partial charge in [-0.1, -0.05) is 0 Å². The van der Waals surface area contributed by atoms with Crippen molar-refractivity contribution < 1.29 is 14.3 Å². The molecule has 0 radical (unpaired) electrons. The maximum atomic E-state index is 11.6. The highest BCUT2D eigenvalue weighted by atomic mass is 79.9. The maximum absolute atomic E-state index is 11.6. The lowest BCUT2D eigenvalue weighted by atomic mass is 10.1. The molecule has 0 aliphatic rings. The molecule has 0 atom stereocenters. The number of aromatic nitrogens is 2. The Balaban J connectivity index is 2.33. The normalized spacial score (nSPS) is 10.3. The Morgan fingerprint density at radius 1 is 1.35 bits per heavy atom. The van der Waals surface area contributed by atoms with Gasteiger partial charge in [0.05, 0.1) is 24.1 Å². The SMILES string of the molecule is CCOC(=O)c1cnn(-c2ccc(C(C)=O)cc2Br)c1. The van der Waals surface area contributed by atoms with Gasteiger partial charge in [-0.2, -0.15) is 5.10 Å². The molecule has 0 bridgehead atoms. The van der Waals surface area contributed by atoms with E-state index in [-0.39, 0.29) is 5.78 Å². The van der Waals surface area contributed by atoms with Crippen molar-refractivity contribution in [1.29, 1.82) is 0 Å². The molecule has 0 N–H and O–H groups in total. The van der Waals surface area contributed by atoms with Crippen molar-refractivity contribution in [3.05, 3.63) is 46.2 Å². The van der Waals surface area contributed by atoms with Crippen LogP contribution in [-0.2, 0) is 4.74 Å². The zero-order valence-electron chi connectivity index (χ0n) is 11.1. The summed E-state index contributed by atoms with van der Waals surface area (Å²) in [4.78, 5) is 22.9. The van der Waals surface area contributed by atoms with Gasteiger partial charge in [0.2, 0.25) is 0 Å². The van der Waals surface area contributed by atoms with Gasteiger partial charge in [-0.25, -0.2) is 9.48 Å². The monoisotopic (exact) mass is 336 g/mol. The summed E-state index contributed by atoms with van der Waals surface area (Å²) in [5.41, 5.74) is 1.73. The third-order valence-electron chi connectivity index (χ3n) is 2.69. The standard InChI is InChI=1S/C14H13BrN2O3/c1-3-20-14(19)11-7-16-17(8-11)13-5-4-10(9(2)18)6-12(13)15/h4-8H,3H2,1-2H3. The molecule has 0 fully saturated rings. The number of ketones is 1. The van der Waals surface area contributed by atoms with E-state index in [0.717, 1.165) is 10.2 Å². The molecular formula is C14H13BrN2O3. The molecule has 104 valence electrons. The Morgan fingerprint density at radius 3 is 2.70 bits per heavy atom. The average molecular weight is 337 g/mol. The second-order valence-corrected chi connectivity index (χ2v) is 4.97. The van der Waals surface area contributed by atoms with Gasteiger partial charge in [0, 0.05) is 16.2 Å². The lowest BCUT2D eigenvalue weighted by molar-refractivity contribution is 0.0526. The van der Waals surface area contributed by atoms with E-state index in [2.05, 4.69) is 21.0 Å².